The van der Waals surface area contributed by atoms with Gasteiger partial charge in [0.05, 0.1) is 6.54 Å². The molecule has 0 bridgehead atoms. The third kappa shape index (κ3) is 4.80. The number of hydrogen-bond acceptors (Lipinski definition) is 6. The molecular weight excluding hydrogens is 328 g/mol. The van der Waals surface area contributed by atoms with E-state index in [2.05, 4.69) is 15.3 Å². The summed E-state index contributed by atoms with van der Waals surface area (Å²) in [5, 5.41) is 3.25. The maximum Gasteiger partial charge on any atom is 0.227 e. The number of aromatic nitrogens is 2. The molecule has 0 unspecified atom stereocenters. The van der Waals surface area contributed by atoms with Crippen LogP contribution in [-0.4, -0.2) is 36.5 Å². The molecule has 1 N–H and O–H groups in total. The van der Waals surface area contributed by atoms with Crippen LogP contribution in [0.3, 0.4) is 0 Å². The summed E-state index contributed by atoms with van der Waals surface area (Å²) >= 11 is 0. The zero-order valence-corrected chi connectivity index (χ0v) is 14.5. The van der Waals surface area contributed by atoms with Crippen molar-refractivity contribution < 1.29 is 9.53 Å². The fourth-order valence-electron chi connectivity index (χ4n) is 2.31. The summed E-state index contributed by atoms with van der Waals surface area (Å²) in [6.45, 7) is 1.11. The van der Waals surface area contributed by atoms with Gasteiger partial charge in [0.2, 0.25) is 5.95 Å². The van der Waals surface area contributed by atoms with Crippen molar-refractivity contribution in [1.82, 2.24) is 9.97 Å². The van der Waals surface area contributed by atoms with Crippen LogP contribution in [0.4, 0.5) is 17.5 Å². The molecule has 26 heavy (non-hydrogen) atoms. The largest absolute Gasteiger partial charge is 0.492 e. The van der Waals surface area contributed by atoms with Crippen LogP contribution in [0.15, 0.2) is 66.9 Å². The molecule has 0 spiro atoms. The van der Waals surface area contributed by atoms with Crippen molar-refractivity contribution in [2.45, 2.75) is 0 Å². The fraction of sp³-hybridized carbons (Fsp3) is 0.150. The normalized spacial score (nSPS) is 10.2. The van der Waals surface area contributed by atoms with E-state index in [9.17, 15) is 4.79 Å². The number of carbonyl (C=O) groups is 1. The smallest absolute Gasteiger partial charge is 0.227 e. The Labute approximate surface area is 152 Å². The summed E-state index contributed by atoms with van der Waals surface area (Å²) in [6, 6.07) is 18.7. The zero-order chi connectivity index (χ0) is 18.2. The molecule has 132 valence electrons. The number of likely N-dealkylation sites (N-methyl/N-ethyl adjacent to an activating group) is 1. The van der Waals surface area contributed by atoms with Gasteiger partial charge in [0, 0.05) is 24.5 Å². The first-order valence-corrected chi connectivity index (χ1v) is 8.29. The second-order valence-corrected chi connectivity index (χ2v) is 5.69. The zero-order valence-electron chi connectivity index (χ0n) is 14.5. The SMILES string of the molecule is CN(CCOc1ccc(C=O)cc1)c1nccc(Nc2ccccc2)n1. The third-order valence-corrected chi connectivity index (χ3v) is 3.74. The number of anilines is 3. The molecule has 2 aromatic carbocycles. The second kappa shape index (κ2) is 8.62. The van der Waals surface area contributed by atoms with E-state index in [1.165, 1.54) is 0 Å². The molecule has 6 nitrogen and oxygen atoms in total. The van der Waals surface area contributed by atoms with Crippen LogP contribution >= 0.6 is 0 Å². The molecule has 0 aliphatic carbocycles. The number of nitrogens with one attached hydrogen (secondary N) is 1. The average molecular weight is 348 g/mol. The van der Waals surface area contributed by atoms with E-state index in [1.807, 2.05) is 48.3 Å². The summed E-state index contributed by atoms with van der Waals surface area (Å²) in [7, 11) is 1.92. The number of rotatable bonds is 8. The standard InChI is InChI=1S/C20H20N4O2/c1-24(13-14-26-18-9-7-16(15-25)8-10-18)20-21-12-11-19(23-20)22-17-5-3-2-4-6-17/h2-12,15H,13-14H2,1H3,(H,21,22,23). The van der Waals surface area contributed by atoms with Crippen molar-refractivity contribution in [2.24, 2.45) is 0 Å². The molecule has 1 heterocycles. The maximum absolute atomic E-state index is 10.7. The first-order chi connectivity index (χ1) is 12.7. The number of ether oxygens (including phenoxy) is 1. The maximum atomic E-state index is 10.7. The third-order valence-electron chi connectivity index (χ3n) is 3.74. The number of benzene rings is 2. The molecule has 0 aliphatic rings. The van der Waals surface area contributed by atoms with Gasteiger partial charge in [0.15, 0.2) is 0 Å². The van der Waals surface area contributed by atoms with Crippen LogP contribution in [-0.2, 0) is 0 Å². The first kappa shape index (κ1) is 17.4. The van der Waals surface area contributed by atoms with E-state index in [1.54, 1.807) is 30.5 Å². The summed E-state index contributed by atoms with van der Waals surface area (Å²) in [5.74, 6) is 2.08. The molecule has 0 saturated heterocycles. The lowest BCUT2D eigenvalue weighted by Crippen LogP contribution is -2.25. The Morgan fingerprint density at radius 2 is 1.85 bits per heavy atom. The lowest BCUT2D eigenvalue weighted by molar-refractivity contribution is 0.112. The predicted molar refractivity (Wildman–Crippen MR) is 102 cm³/mol. The molecule has 3 aromatic rings. The highest BCUT2D eigenvalue weighted by atomic mass is 16.5. The molecule has 3 rings (SSSR count). The lowest BCUT2D eigenvalue weighted by Gasteiger charge is -2.18. The molecule has 1 aromatic heterocycles. The minimum Gasteiger partial charge on any atom is -0.492 e. The highest BCUT2D eigenvalue weighted by Gasteiger charge is 2.06. The highest BCUT2D eigenvalue weighted by molar-refractivity contribution is 5.74. The summed E-state index contributed by atoms with van der Waals surface area (Å²) in [6.07, 6.45) is 2.54. The Morgan fingerprint density at radius 1 is 1.08 bits per heavy atom. The summed E-state index contributed by atoms with van der Waals surface area (Å²) in [5.41, 5.74) is 1.60. The van der Waals surface area contributed by atoms with E-state index in [0.29, 0.717) is 24.7 Å². The Morgan fingerprint density at radius 3 is 2.58 bits per heavy atom. The molecule has 0 radical (unpaired) electrons. The Hall–Kier alpha value is -3.41. The topological polar surface area (TPSA) is 67.3 Å². The van der Waals surface area contributed by atoms with E-state index >= 15 is 0 Å². The van der Waals surface area contributed by atoms with Gasteiger partial charge in [-0.15, -0.1) is 0 Å². The average Bonchev–Trinajstić information content (AvgIpc) is 2.69. The molecule has 0 aliphatic heterocycles. The quantitative estimate of drug-likeness (QED) is 0.628. The molecular formula is C20H20N4O2. The van der Waals surface area contributed by atoms with Crippen molar-refractivity contribution in [1.29, 1.82) is 0 Å². The summed E-state index contributed by atoms with van der Waals surface area (Å²) in [4.78, 5) is 21.4. The second-order valence-electron chi connectivity index (χ2n) is 5.69. The van der Waals surface area contributed by atoms with Crippen LogP contribution in [0.1, 0.15) is 10.4 Å². The lowest BCUT2D eigenvalue weighted by atomic mass is 10.2. The number of nitrogens with zero attached hydrogens (tertiary/aromatic N) is 3. The fourth-order valence-corrected chi connectivity index (χ4v) is 2.31. The van der Waals surface area contributed by atoms with Gasteiger partial charge in [-0.05, 0) is 42.5 Å². The minimum absolute atomic E-state index is 0.483. The van der Waals surface area contributed by atoms with Crippen molar-refractivity contribution >= 4 is 23.7 Å². The Bertz CT molecular complexity index is 838. The van der Waals surface area contributed by atoms with E-state index in [0.717, 1.165) is 23.5 Å². The van der Waals surface area contributed by atoms with Crippen LogP contribution in [0.5, 0.6) is 5.75 Å². The predicted octanol–water partition coefficient (Wildman–Crippen LogP) is 3.55. The van der Waals surface area contributed by atoms with E-state index in [-0.39, 0.29) is 0 Å². The summed E-state index contributed by atoms with van der Waals surface area (Å²) < 4.78 is 5.69. The molecule has 6 heteroatoms. The Kier molecular flexibility index (Phi) is 5.77. The van der Waals surface area contributed by atoms with Gasteiger partial charge in [0.1, 0.15) is 24.5 Å². The van der Waals surface area contributed by atoms with Crippen molar-refractivity contribution in [3.05, 3.63) is 72.4 Å². The van der Waals surface area contributed by atoms with Crippen LogP contribution in [0.2, 0.25) is 0 Å². The van der Waals surface area contributed by atoms with Gasteiger partial charge in [-0.25, -0.2) is 4.98 Å². The molecule has 0 atom stereocenters. The van der Waals surface area contributed by atoms with Gasteiger partial charge < -0.3 is 15.0 Å². The number of para-hydroxylation sites is 1. The van der Waals surface area contributed by atoms with E-state index in [4.69, 9.17) is 4.74 Å². The van der Waals surface area contributed by atoms with Crippen LogP contribution in [0.25, 0.3) is 0 Å². The van der Waals surface area contributed by atoms with Gasteiger partial charge >= 0.3 is 0 Å². The van der Waals surface area contributed by atoms with Gasteiger partial charge in [0.25, 0.3) is 0 Å². The Balaban J connectivity index is 1.54. The minimum atomic E-state index is 0.483. The van der Waals surface area contributed by atoms with Gasteiger partial charge in [-0.2, -0.15) is 4.98 Å². The first-order valence-electron chi connectivity index (χ1n) is 8.29. The van der Waals surface area contributed by atoms with Gasteiger partial charge in [-0.3, -0.25) is 4.79 Å². The molecule has 0 fully saturated rings. The molecule has 0 saturated carbocycles. The van der Waals surface area contributed by atoms with Crippen LogP contribution < -0.4 is 15.0 Å². The van der Waals surface area contributed by atoms with Crippen molar-refractivity contribution in [3.63, 3.8) is 0 Å². The van der Waals surface area contributed by atoms with E-state index < -0.39 is 0 Å². The van der Waals surface area contributed by atoms with Gasteiger partial charge in [-0.1, -0.05) is 18.2 Å². The highest BCUT2D eigenvalue weighted by Crippen LogP contribution is 2.16. The molecule has 0 amide bonds. The van der Waals surface area contributed by atoms with Crippen molar-refractivity contribution in [3.8, 4) is 5.75 Å². The number of hydrogen-bond donors (Lipinski definition) is 1. The number of carbonyl (C=O) groups excluding carboxylic acids is 1. The van der Waals surface area contributed by atoms with Crippen LogP contribution in [0, 0.1) is 0 Å². The van der Waals surface area contributed by atoms with Crippen molar-refractivity contribution in [2.75, 3.05) is 30.4 Å². The monoisotopic (exact) mass is 348 g/mol. The number of aldehydes is 1.